The van der Waals surface area contributed by atoms with Gasteiger partial charge in [-0.1, -0.05) is 23.2 Å². The first-order valence-electron chi connectivity index (χ1n) is 4.32. The van der Waals surface area contributed by atoms with Crippen molar-refractivity contribution in [3.63, 3.8) is 0 Å². The Morgan fingerprint density at radius 2 is 2.12 bits per heavy atom. The molecule has 5 nitrogen and oxygen atoms in total. The minimum atomic E-state index is -0.798. The third-order valence-electron chi connectivity index (χ3n) is 1.50. The van der Waals surface area contributed by atoms with Gasteiger partial charge in [0.2, 0.25) is 5.12 Å². The summed E-state index contributed by atoms with van der Waals surface area (Å²) in [6, 6.07) is 3.83. The zero-order valence-corrected chi connectivity index (χ0v) is 10.7. The number of primary amides is 1. The Morgan fingerprint density at radius 3 is 2.71 bits per heavy atom. The van der Waals surface area contributed by atoms with Crippen molar-refractivity contribution in [2.45, 2.75) is 0 Å². The lowest BCUT2D eigenvalue weighted by Gasteiger charge is -2.06. The molecule has 0 saturated heterocycles. The number of halogens is 2. The molecule has 1 aromatic rings. The molecular weight excluding hydrogens is 287 g/mol. The van der Waals surface area contributed by atoms with Crippen LogP contribution >= 0.6 is 35.1 Å². The van der Waals surface area contributed by atoms with Gasteiger partial charge in [-0.3, -0.25) is 9.52 Å². The maximum absolute atomic E-state index is 11.2. The molecule has 3 N–H and O–H groups in total. The number of nitrogens with one attached hydrogen (secondary N) is 1. The van der Waals surface area contributed by atoms with Crippen molar-refractivity contribution in [2.75, 3.05) is 6.61 Å². The summed E-state index contributed by atoms with van der Waals surface area (Å²) in [4.78, 5) is 21.5. The van der Waals surface area contributed by atoms with Gasteiger partial charge in [-0.2, -0.15) is 0 Å². The van der Waals surface area contributed by atoms with Gasteiger partial charge in [0, 0.05) is 17.0 Å². The Kier molecular flexibility index (Phi) is 5.40. The van der Waals surface area contributed by atoms with Gasteiger partial charge in [0.1, 0.15) is 5.75 Å². The number of amides is 2. The third-order valence-corrected chi connectivity index (χ3v) is 2.68. The fourth-order valence-corrected chi connectivity index (χ4v) is 1.66. The van der Waals surface area contributed by atoms with Gasteiger partial charge in [-0.25, -0.2) is 4.79 Å². The summed E-state index contributed by atoms with van der Waals surface area (Å²) in [6.07, 6.45) is 0. The van der Waals surface area contributed by atoms with Crippen LogP contribution in [0.1, 0.15) is 0 Å². The van der Waals surface area contributed by atoms with E-state index in [0.29, 0.717) is 27.7 Å². The smallest absolute Gasteiger partial charge is 0.322 e. The highest BCUT2D eigenvalue weighted by Gasteiger charge is 2.08. The maximum atomic E-state index is 11.2. The van der Waals surface area contributed by atoms with Crippen molar-refractivity contribution in [2.24, 2.45) is 5.73 Å². The SMILES string of the molecule is NC(=O)NSC(=O)COc1ccc(Cl)cc1Cl. The van der Waals surface area contributed by atoms with Crippen LogP contribution in [0.4, 0.5) is 4.79 Å². The molecule has 0 heterocycles. The van der Waals surface area contributed by atoms with E-state index in [-0.39, 0.29) is 6.61 Å². The largest absolute Gasteiger partial charge is 0.483 e. The minimum Gasteiger partial charge on any atom is -0.483 e. The van der Waals surface area contributed by atoms with Gasteiger partial charge in [-0.05, 0) is 18.2 Å². The molecule has 0 bridgehead atoms. The first kappa shape index (κ1) is 14.0. The van der Waals surface area contributed by atoms with Gasteiger partial charge in [-0.15, -0.1) is 0 Å². The van der Waals surface area contributed by atoms with Gasteiger partial charge in [0.25, 0.3) is 0 Å². The van der Waals surface area contributed by atoms with E-state index in [1.807, 2.05) is 0 Å². The predicted octanol–water partition coefficient (Wildman–Crippen LogP) is 2.22. The summed E-state index contributed by atoms with van der Waals surface area (Å²) in [5.41, 5.74) is 4.79. The zero-order chi connectivity index (χ0) is 12.8. The predicted molar refractivity (Wildman–Crippen MR) is 67.3 cm³/mol. The highest BCUT2D eigenvalue weighted by atomic mass is 35.5. The maximum Gasteiger partial charge on any atom is 0.322 e. The second-order valence-corrected chi connectivity index (χ2v) is 4.51. The van der Waals surface area contributed by atoms with E-state index in [0.717, 1.165) is 0 Å². The Bertz CT molecular complexity index is 442. The van der Waals surface area contributed by atoms with Crippen molar-refractivity contribution in [3.05, 3.63) is 28.2 Å². The number of carbonyl (C=O) groups is 2. The molecule has 17 heavy (non-hydrogen) atoms. The lowest BCUT2D eigenvalue weighted by atomic mass is 10.3. The summed E-state index contributed by atoms with van der Waals surface area (Å²) in [5, 5.41) is 0.367. The molecule has 1 rings (SSSR count). The molecular formula is C9H8Cl2N2O3S. The van der Waals surface area contributed by atoms with Crippen LogP contribution in [0, 0.1) is 0 Å². The Balaban J connectivity index is 2.44. The van der Waals surface area contributed by atoms with Gasteiger partial charge in [0.05, 0.1) is 5.02 Å². The van der Waals surface area contributed by atoms with Crippen molar-refractivity contribution < 1.29 is 14.3 Å². The molecule has 0 aromatic heterocycles. The monoisotopic (exact) mass is 294 g/mol. The van der Waals surface area contributed by atoms with Crippen LogP contribution in [0.15, 0.2) is 18.2 Å². The fraction of sp³-hybridized carbons (Fsp3) is 0.111. The Hall–Kier alpha value is -1.11. The first-order valence-corrected chi connectivity index (χ1v) is 5.89. The molecule has 0 radical (unpaired) electrons. The first-order chi connectivity index (χ1) is 7.99. The van der Waals surface area contributed by atoms with Crippen LogP contribution < -0.4 is 15.2 Å². The molecule has 0 atom stereocenters. The van der Waals surface area contributed by atoms with Crippen LogP contribution in [-0.4, -0.2) is 17.8 Å². The normalized spacial score (nSPS) is 9.76. The molecule has 0 saturated carbocycles. The van der Waals surface area contributed by atoms with Crippen LogP contribution in [0.5, 0.6) is 5.75 Å². The van der Waals surface area contributed by atoms with E-state index in [4.69, 9.17) is 33.7 Å². The van der Waals surface area contributed by atoms with E-state index in [1.54, 1.807) is 12.1 Å². The number of nitrogens with two attached hydrogens (primary N) is 1. The highest BCUT2D eigenvalue weighted by Crippen LogP contribution is 2.27. The average Bonchev–Trinajstić information content (AvgIpc) is 2.25. The van der Waals surface area contributed by atoms with E-state index >= 15 is 0 Å². The second-order valence-electron chi connectivity index (χ2n) is 2.80. The fourth-order valence-electron chi connectivity index (χ4n) is 0.866. The number of urea groups is 1. The lowest BCUT2D eigenvalue weighted by molar-refractivity contribution is -0.112. The molecule has 0 fully saturated rings. The van der Waals surface area contributed by atoms with Crippen molar-refractivity contribution >= 4 is 46.3 Å². The number of ether oxygens (including phenoxy) is 1. The second kappa shape index (κ2) is 6.58. The lowest BCUT2D eigenvalue weighted by Crippen LogP contribution is -2.25. The molecule has 8 heteroatoms. The molecule has 0 spiro atoms. The number of carbonyl (C=O) groups excluding carboxylic acids is 2. The standard InChI is InChI=1S/C9H8Cl2N2O3S/c10-5-1-2-7(6(11)3-5)16-4-8(14)17-13-9(12)15/h1-3H,4H2,(H3,12,13,15). The van der Waals surface area contributed by atoms with Gasteiger partial charge in [0.15, 0.2) is 6.61 Å². The summed E-state index contributed by atoms with van der Waals surface area (Å²) < 4.78 is 7.21. The summed E-state index contributed by atoms with van der Waals surface area (Å²) in [6.45, 7) is -0.244. The summed E-state index contributed by atoms with van der Waals surface area (Å²) in [5.74, 6) is 0.337. The Morgan fingerprint density at radius 1 is 1.41 bits per heavy atom. The van der Waals surface area contributed by atoms with Gasteiger partial charge >= 0.3 is 6.03 Å². The summed E-state index contributed by atoms with van der Waals surface area (Å²) in [7, 11) is 0. The minimum absolute atomic E-state index is 0.244. The number of hydrogen-bond acceptors (Lipinski definition) is 4. The average molecular weight is 295 g/mol. The Labute approximate surface area is 112 Å². The van der Waals surface area contributed by atoms with Gasteiger partial charge < -0.3 is 10.5 Å². The molecule has 0 aliphatic heterocycles. The number of benzene rings is 1. The van der Waals surface area contributed by atoms with Crippen LogP contribution in [-0.2, 0) is 4.79 Å². The highest BCUT2D eigenvalue weighted by molar-refractivity contribution is 8.12. The van der Waals surface area contributed by atoms with Crippen molar-refractivity contribution in [1.82, 2.24) is 4.72 Å². The molecule has 0 aliphatic rings. The molecule has 1 aromatic carbocycles. The third kappa shape index (κ3) is 5.16. The van der Waals surface area contributed by atoms with Crippen molar-refractivity contribution in [1.29, 1.82) is 0 Å². The number of rotatable bonds is 3. The molecule has 92 valence electrons. The number of hydrogen-bond donors (Lipinski definition) is 2. The zero-order valence-electron chi connectivity index (χ0n) is 8.41. The van der Waals surface area contributed by atoms with Crippen molar-refractivity contribution in [3.8, 4) is 5.75 Å². The van der Waals surface area contributed by atoms with E-state index in [2.05, 4.69) is 4.72 Å². The quantitative estimate of drug-likeness (QED) is 0.838. The summed E-state index contributed by atoms with van der Waals surface area (Å²) >= 11 is 12.1. The molecule has 0 aliphatic carbocycles. The van der Waals surface area contributed by atoms with Crippen LogP contribution in [0.2, 0.25) is 10.0 Å². The van der Waals surface area contributed by atoms with E-state index in [9.17, 15) is 9.59 Å². The van der Waals surface area contributed by atoms with Crippen LogP contribution in [0.25, 0.3) is 0 Å². The van der Waals surface area contributed by atoms with E-state index in [1.165, 1.54) is 6.07 Å². The molecule has 2 amide bonds. The van der Waals surface area contributed by atoms with E-state index < -0.39 is 11.1 Å². The van der Waals surface area contributed by atoms with Crippen LogP contribution in [0.3, 0.4) is 0 Å². The molecule has 0 unspecified atom stereocenters. The topological polar surface area (TPSA) is 81.4 Å².